The van der Waals surface area contributed by atoms with Gasteiger partial charge in [0.2, 0.25) is 0 Å². The van der Waals surface area contributed by atoms with Gasteiger partial charge in [0.15, 0.2) is 5.69 Å². The molecule has 7 heteroatoms. The number of nitrogens with zero attached hydrogens (tertiary/aromatic N) is 4. The smallest absolute Gasteiger partial charge is 0.323 e. The van der Waals surface area contributed by atoms with Crippen LogP contribution in [0.1, 0.15) is 35.6 Å². The molecule has 1 N–H and O–H groups in total. The van der Waals surface area contributed by atoms with Crippen LogP contribution in [-0.2, 0) is 4.79 Å². The van der Waals surface area contributed by atoms with Gasteiger partial charge in [0.1, 0.15) is 6.54 Å². The van der Waals surface area contributed by atoms with E-state index in [1.807, 2.05) is 45.0 Å². The largest absolute Gasteiger partial charge is 0.480 e. The highest BCUT2D eigenvalue weighted by atomic mass is 16.4. The van der Waals surface area contributed by atoms with Gasteiger partial charge in [0.25, 0.3) is 5.91 Å². The molecule has 2 rings (SSSR count). The van der Waals surface area contributed by atoms with E-state index in [9.17, 15) is 9.59 Å². The Morgan fingerprint density at radius 2 is 2.00 bits per heavy atom. The molecule has 0 spiro atoms. The van der Waals surface area contributed by atoms with Crippen molar-refractivity contribution < 1.29 is 14.7 Å². The topological polar surface area (TPSA) is 88.3 Å². The molecule has 0 aliphatic heterocycles. The zero-order valence-corrected chi connectivity index (χ0v) is 14.4. The summed E-state index contributed by atoms with van der Waals surface area (Å²) in [5.41, 5.74) is 2.65. The fourth-order valence-corrected chi connectivity index (χ4v) is 2.50. The fourth-order valence-electron chi connectivity index (χ4n) is 2.50. The Labute approximate surface area is 140 Å². The van der Waals surface area contributed by atoms with Crippen molar-refractivity contribution in [3.8, 4) is 5.69 Å². The minimum Gasteiger partial charge on any atom is -0.480 e. The highest BCUT2D eigenvalue weighted by Gasteiger charge is 2.25. The molecule has 1 amide bonds. The van der Waals surface area contributed by atoms with E-state index in [0.29, 0.717) is 12.2 Å². The van der Waals surface area contributed by atoms with Gasteiger partial charge in [0, 0.05) is 6.54 Å². The Morgan fingerprint density at radius 3 is 2.58 bits per heavy atom. The summed E-state index contributed by atoms with van der Waals surface area (Å²) in [7, 11) is 0. The van der Waals surface area contributed by atoms with Crippen LogP contribution in [-0.4, -0.2) is 50.0 Å². The SMILES string of the molecule is Cc1cccc(-n2nnc(C(=O)N(CC(=O)O)CC(C)C)c2C)c1. The molecule has 0 saturated carbocycles. The predicted molar refractivity (Wildman–Crippen MR) is 89.2 cm³/mol. The van der Waals surface area contributed by atoms with Gasteiger partial charge in [-0.05, 0) is 37.5 Å². The van der Waals surface area contributed by atoms with Crippen LogP contribution in [0.25, 0.3) is 5.69 Å². The van der Waals surface area contributed by atoms with Gasteiger partial charge in [0.05, 0.1) is 11.4 Å². The standard InChI is InChI=1S/C17H22N4O3/c1-11(2)9-20(10-15(22)23)17(24)16-13(4)21(19-18-16)14-7-5-6-12(3)8-14/h5-8,11H,9-10H2,1-4H3,(H,22,23). The van der Waals surface area contributed by atoms with E-state index in [0.717, 1.165) is 11.3 Å². The average Bonchev–Trinajstić information content (AvgIpc) is 2.86. The molecule has 0 unspecified atom stereocenters. The average molecular weight is 330 g/mol. The summed E-state index contributed by atoms with van der Waals surface area (Å²) >= 11 is 0. The van der Waals surface area contributed by atoms with Crippen molar-refractivity contribution >= 4 is 11.9 Å². The van der Waals surface area contributed by atoms with Gasteiger partial charge in [-0.3, -0.25) is 9.59 Å². The summed E-state index contributed by atoms with van der Waals surface area (Å²) in [5.74, 6) is -1.31. The molecule has 0 saturated heterocycles. The van der Waals surface area contributed by atoms with E-state index in [2.05, 4.69) is 10.3 Å². The van der Waals surface area contributed by atoms with Crippen molar-refractivity contribution in [2.75, 3.05) is 13.1 Å². The van der Waals surface area contributed by atoms with E-state index >= 15 is 0 Å². The molecule has 0 fully saturated rings. The molecule has 128 valence electrons. The third kappa shape index (κ3) is 3.98. The summed E-state index contributed by atoms with van der Waals surface area (Å²) in [4.78, 5) is 25.0. The number of aryl methyl sites for hydroxylation is 1. The zero-order valence-electron chi connectivity index (χ0n) is 14.4. The summed E-state index contributed by atoms with van der Waals surface area (Å²) in [6.45, 7) is 7.58. The lowest BCUT2D eigenvalue weighted by Gasteiger charge is -2.21. The van der Waals surface area contributed by atoms with Crippen LogP contribution in [0.5, 0.6) is 0 Å². The second-order valence-electron chi connectivity index (χ2n) is 6.25. The molecule has 7 nitrogen and oxygen atoms in total. The van der Waals surface area contributed by atoms with E-state index in [1.165, 1.54) is 4.90 Å². The van der Waals surface area contributed by atoms with Crippen molar-refractivity contribution in [1.29, 1.82) is 0 Å². The lowest BCUT2D eigenvalue weighted by Crippen LogP contribution is -2.38. The van der Waals surface area contributed by atoms with Crippen LogP contribution in [0.4, 0.5) is 0 Å². The lowest BCUT2D eigenvalue weighted by molar-refractivity contribution is -0.137. The van der Waals surface area contributed by atoms with Crippen LogP contribution in [0.3, 0.4) is 0 Å². The molecule has 24 heavy (non-hydrogen) atoms. The maximum atomic E-state index is 12.7. The van der Waals surface area contributed by atoms with Crippen molar-refractivity contribution in [2.45, 2.75) is 27.7 Å². The number of carboxylic acid groups (broad SMARTS) is 1. The van der Waals surface area contributed by atoms with Crippen LogP contribution in [0.15, 0.2) is 24.3 Å². The number of hydrogen-bond donors (Lipinski definition) is 1. The molecular formula is C17H22N4O3. The number of carboxylic acids is 1. The first-order valence-electron chi connectivity index (χ1n) is 7.80. The quantitative estimate of drug-likeness (QED) is 0.876. The van der Waals surface area contributed by atoms with Gasteiger partial charge in [-0.25, -0.2) is 4.68 Å². The molecule has 0 aliphatic carbocycles. The summed E-state index contributed by atoms with van der Waals surface area (Å²) in [6, 6.07) is 7.70. The Morgan fingerprint density at radius 1 is 1.29 bits per heavy atom. The number of rotatable bonds is 6. The Hall–Kier alpha value is -2.70. The molecule has 0 aliphatic rings. The Bertz CT molecular complexity index is 752. The van der Waals surface area contributed by atoms with Crippen LogP contribution < -0.4 is 0 Å². The Kier molecular flexibility index (Phi) is 5.33. The van der Waals surface area contributed by atoms with E-state index in [-0.39, 0.29) is 18.2 Å². The molecule has 0 radical (unpaired) electrons. The van der Waals surface area contributed by atoms with Gasteiger partial charge in [-0.2, -0.15) is 0 Å². The molecule has 0 atom stereocenters. The molecule has 1 heterocycles. The maximum absolute atomic E-state index is 12.7. The molecule has 1 aromatic heterocycles. The third-order valence-electron chi connectivity index (χ3n) is 3.54. The van der Waals surface area contributed by atoms with Crippen molar-refractivity contribution in [1.82, 2.24) is 19.9 Å². The third-order valence-corrected chi connectivity index (χ3v) is 3.54. The second kappa shape index (κ2) is 7.25. The first-order valence-corrected chi connectivity index (χ1v) is 7.80. The molecule has 1 aromatic carbocycles. The Balaban J connectivity index is 2.34. The second-order valence-corrected chi connectivity index (χ2v) is 6.25. The van der Waals surface area contributed by atoms with E-state index < -0.39 is 11.9 Å². The molecular weight excluding hydrogens is 308 g/mol. The summed E-state index contributed by atoms with van der Waals surface area (Å²) < 4.78 is 1.59. The van der Waals surface area contributed by atoms with Crippen molar-refractivity contribution in [3.63, 3.8) is 0 Å². The van der Waals surface area contributed by atoms with Gasteiger partial charge in [-0.1, -0.05) is 31.2 Å². The number of carbonyl (C=O) groups is 2. The van der Waals surface area contributed by atoms with E-state index in [1.54, 1.807) is 11.6 Å². The van der Waals surface area contributed by atoms with Crippen molar-refractivity contribution in [2.24, 2.45) is 5.92 Å². The first kappa shape index (κ1) is 17.7. The lowest BCUT2D eigenvalue weighted by atomic mass is 10.2. The zero-order chi connectivity index (χ0) is 17.9. The fraction of sp³-hybridized carbons (Fsp3) is 0.412. The number of carbonyl (C=O) groups excluding carboxylic acids is 1. The number of hydrogen-bond acceptors (Lipinski definition) is 4. The van der Waals surface area contributed by atoms with Gasteiger partial charge in [-0.15, -0.1) is 5.10 Å². The normalized spacial score (nSPS) is 10.9. The highest BCUT2D eigenvalue weighted by molar-refractivity contribution is 5.95. The molecule has 0 bridgehead atoms. The first-order chi connectivity index (χ1) is 11.3. The van der Waals surface area contributed by atoms with Crippen LogP contribution >= 0.6 is 0 Å². The highest BCUT2D eigenvalue weighted by Crippen LogP contribution is 2.15. The van der Waals surface area contributed by atoms with Crippen LogP contribution in [0, 0.1) is 19.8 Å². The predicted octanol–water partition coefficient (Wildman–Crippen LogP) is 2.07. The number of aliphatic carboxylic acids is 1. The van der Waals surface area contributed by atoms with Crippen LogP contribution in [0.2, 0.25) is 0 Å². The number of amides is 1. The minimum absolute atomic E-state index is 0.153. The monoisotopic (exact) mass is 330 g/mol. The molecule has 2 aromatic rings. The summed E-state index contributed by atoms with van der Waals surface area (Å²) in [6.07, 6.45) is 0. The van der Waals surface area contributed by atoms with Gasteiger partial charge >= 0.3 is 5.97 Å². The van der Waals surface area contributed by atoms with Gasteiger partial charge < -0.3 is 10.0 Å². The number of aromatic nitrogens is 3. The number of benzene rings is 1. The minimum atomic E-state index is -1.05. The van der Waals surface area contributed by atoms with E-state index in [4.69, 9.17) is 5.11 Å². The summed E-state index contributed by atoms with van der Waals surface area (Å²) in [5, 5.41) is 17.1. The maximum Gasteiger partial charge on any atom is 0.323 e. The van der Waals surface area contributed by atoms with Crippen molar-refractivity contribution in [3.05, 3.63) is 41.2 Å².